The maximum atomic E-state index is 12.6. The molecule has 0 N–H and O–H groups in total. The van der Waals surface area contributed by atoms with Gasteiger partial charge in [0.25, 0.3) is 0 Å². The molecule has 110 valence electrons. The van der Waals surface area contributed by atoms with Crippen molar-refractivity contribution < 1.29 is 4.79 Å². The number of alkyl halides is 1. The Morgan fingerprint density at radius 1 is 1.05 bits per heavy atom. The van der Waals surface area contributed by atoms with Crippen molar-refractivity contribution in [3.63, 3.8) is 0 Å². The molecule has 0 saturated heterocycles. The van der Waals surface area contributed by atoms with E-state index in [-0.39, 0.29) is 11.2 Å². The summed E-state index contributed by atoms with van der Waals surface area (Å²) < 4.78 is 0. The van der Waals surface area contributed by atoms with Gasteiger partial charge in [0.2, 0.25) is 0 Å². The summed E-state index contributed by atoms with van der Waals surface area (Å²) in [5.74, 6) is 0.619. The van der Waals surface area contributed by atoms with Crippen LogP contribution in [0.2, 0.25) is 0 Å². The van der Waals surface area contributed by atoms with Crippen molar-refractivity contribution in [2.75, 3.05) is 0 Å². The summed E-state index contributed by atoms with van der Waals surface area (Å²) in [5, 5.41) is -0.181. The Morgan fingerprint density at radius 2 is 1.71 bits per heavy atom. The zero-order chi connectivity index (χ0) is 15.4. The molecule has 0 spiro atoms. The topological polar surface area (TPSA) is 17.1 Å². The molecule has 1 unspecified atom stereocenters. The van der Waals surface area contributed by atoms with E-state index in [0.717, 1.165) is 12.0 Å². The highest BCUT2D eigenvalue weighted by Gasteiger charge is 2.17. The van der Waals surface area contributed by atoms with Crippen molar-refractivity contribution in [2.45, 2.75) is 32.6 Å². The van der Waals surface area contributed by atoms with E-state index in [9.17, 15) is 4.79 Å². The first-order chi connectivity index (χ1) is 9.99. The number of rotatable bonds is 5. The maximum absolute atomic E-state index is 12.6. The standard InChI is InChI=1S/C19H21ClO/c1-13(2)11-15-9-10-17(18(12-15)14(3)20)19(21)16-7-5-4-6-8-16/h4-10,12-14H,11H2,1-3H3. The van der Waals surface area contributed by atoms with Gasteiger partial charge in [0.05, 0.1) is 5.38 Å². The quantitative estimate of drug-likeness (QED) is 0.532. The molecule has 1 nitrogen and oxygen atoms in total. The van der Waals surface area contributed by atoms with Gasteiger partial charge in [0, 0.05) is 11.1 Å². The number of halogens is 1. The molecule has 0 aromatic heterocycles. The van der Waals surface area contributed by atoms with Crippen LogP contribution in [0, 0.1) is 5.92 Å². The van der Waals surface area contributed by atoms with Gasteiger partial charge in [-0.2, -0.15) is 0 Å². The highest BCUT2D eigenvalue weighted by atomic mass is 35.5. The number of benzene rings is 2. The maximum Gasteiger partial charge on any atom is 0.193 e. The van der Waals surface area contributed by atoms with Gasteiger partial charge in [-0.3, -0.25) is 4.79 Å². The molecule has 0 saturated carbocycles. The second-order valence-electron chi connectivity index (χ2n) is 5.83. The Hall–Kier alpha value is -1.60. The predicted molar refractivity (Wildman–Crippen MR) is 89.1 cm³/mol. The van der Waals surface area contributed by atoms with Crippen LogP contribution in [0.5, 0.6) is 0 Å². The van der Waals surface area contributed by atoms with Crippen molar-refractivity contribution in [2.24, 2.45) is 5.92 Å². The van der Waals surface area contributed by atoms with E-state index in [0.29, 0.717) is 17.0 Å². The number of carbonyl (C=O) groups is 1. The first-order valence-corrected chi connectivity index (χ1v) is 7.79. The molecule has 0 amide bonds. The van der Waals surface area contributed by atoms with Crippen LogP contribution in [0.15, 0.2) is 48.5 Å². The zero-order valence-electron chi connectivity index (χ0n) is 12.8. The molecule has 0 radical (unpaired) electrons. The summed E-state index contributed by atoms with van der Waals surface area (Å²) in [7, 11) is 0. The molecule has 0 aliphatic carbocycles. The molecular formula is C19H21ClO. The third kappa shape index (κ3) is 3.95. The van der Waals surface area contributed by atoms with Crippen molar-refractivity contribution in [3.8, 4) is 0 Å². The lowest BCUT2D eigenvalue weighted by Gasteiger charge is -2.14. The molecule has 0 fully saturated rings. The Labute approximate surface area is 132 Å². The molecule has 2 aromatic rings. The molecule has 0 bridgehead atoms. The van der Waals surface area contributed by atoms with Crippen LogP contribution in [-0.2, 0) is 6.42 Å². The van der Waals surface area contributed by atoms with E-state index >= 15 is 0 Å². The van der Waals surface area contributed by atoms with E-state index in [1.807, 2.05) is 49.4 Å². The van der Waals surface area contributed by atoms with Gasteiger partial charge in [-0.1, -0.05) is 62.4 Å². The molecule has 21 heavy (non-hydrogen) atoms. The monoisotopic (exact) mass is 300 g/mol. The normalized spacial score (nSPS) is 12.4. The lowest BCUT2D eigenvalue weighted by Crippen LogP contribution is -2.07. The van der Waals surface area contributed by atoms with E-state index in [2.05, 4.69) is 19.9 Å². The highest BCUT2D eigenvalue weighted by molar-refractivity contribution is 6.22. The fourth-order valence-electron chi connectivity index (χ4n) is 2.49. The third-order valence-electron chi connectivity index (χ3n) is 3.47. The van der Waals surface area contributed by atoms with E-state index in [1.54, 1.807) is 0 Å². The van der Waals surface area contributed by atoms with Crippen molar-refractivity contribution in [1.82, 2.24) is 0 Å². The fraction of sp³-hybridized carbons (Fsp3) is 0.316. The number of carbonyl (C=O) groups excluding carboxylic acids is 1. The van der Waals surface area contributed by atoms with Gasteiger partial charge in [0.15, 0.2) is 5.78 Å². The molecule has 2 aromatic carbocycles. The molecule has 0 aliphatic rings. The molecule has 2 heteroatoms. The number of hydrogen-bond donors (Lipinski definition) is 0. The average molecular weight is 301 g/mol. The van der Waals surface area contributed by atoms with E-state index < -0.39 is 0 Å². The van der Waals surface area contributed by atoms with Gasteiger partial charge < -0.3 is 0 Å². The summed E-state index contributed by atoms with van der Waals surface area (Å²) in [6.45, 7) is 6.29. The number of ketones is 1. The highest BCUT2D eigenvalue weighted by Crippen LogP contribution is 2.27. The Kier molecular flexibility index (Phi) is 5.19. The second-order valence-corrected chi connectivity index (χ2v) is 6.49. The minimum Gasteiger partial charge on any atom is -0.289 e. The molecule has 2 rings (SSSR count). The van der Waals surface area contributed by atoms with E-state index in [4.69, 9.17) is 11.6 Å². The van der Waals surface area contributed by atoms with Crippen molar-refractivity contribution in [3.05, 3.63) is 70.8 Å². The lowest BCUT2D eigenvalue weighted by atomic mass is 9.92. The Bertz CT molecular complexity index is 615. The molecule has 1 atom stereocenters. The van der Waals surface area contributed by atoms with Crippen LogP contribution < -0.4 is 0 Å². The fourth-order valence-corrected chi connectivity index (χ4v) is 2.67. The van der Waals surface area contributed by atoms with Gasteiger partial charge in [-0.25, -0.2) is 0 Å². The molecular weight excluding hydrogens is 280 g/mol. The minimum absolute atomic E-state index is 0.0363. The van der Waals surface area contributed by atoms with Crippen LogP contribution in [-0.4, -0.2) is 5.78 Å². The summed E-state index contributed by atoms with van der Waals surface area (Å²) in [5.41, 5.74) is 3.56. The summed E-state index contributed by atoms with van der Waals surface area (Å²) >= 11 is 6.30. The van der Waals surface area contributed by atoms with Crippen molar-refractivity contribution >= 4 is 17.4 Å². The smallest absolute Gasteiger partial charge is 0.193 e. The Morgan fingerprint density at radius 3 is 2.29 bits per heavy atom. The van der Waals surface area contributed by atoms with Gasteiger partial charge in [-0.05, 0) is 30.4 Å². The predicted octanol–water partition coefficient (Wildman–Crippen LogP) is 5.42. The summed E-state index contributed by atoms with van der Waals surface area (Å²) in [6, 6.07) is 15.4. The number of hydrogen-bond acceptors (Lipinski definition) is 1. The average Bonchev–Trinajstić information content (AvgIpc) is 2.46. The molecule has 0 aliphatic heterocycles. The molecule has 0 heterocycles. The van der Waals surface area contributed by atoms with E-state index in [1.165, 1.54) is 5.56 Å². The van der Waals surface area contributed by atoms with Gasteiger partial charge >= 0.3 is 0 Å². The van der Waals surface area contributed by atoms with Crippen LogP contribution >= 0.6 is 11.6 Å². The zero-order valence-corrected chi connectivity index (χ0v) is 13.5. The second kappa shape index (κ2) is 6.91. The lowest BCUT2D eigenvalue weighted by molar-refractivity contribution is 0.103. The first kappa shape index (κ1) is 15.8. The van der Waals surface area contributed by atoms with Crippen LogP contribution in [0.4, 0.5) is 0 Å². The minimum atomic E-state index is -0.181. The van der Waals surface area contributed by atoms with Crippen molar-refractivity contribution in [1.29, 1.82) is 0 Å². The van der Waals surface area contributed by atoms with Gasteiger partial charge in [-0.15, -0.1) is 11.6 Å². The van der Waals surface area contributed by atoms with Crippen LogP contribution in [0.25, 0.3) is 0 Å². The first-order valence-electron chi connectivity index (χ1n) is 7.35. The third-order valence-corrected chi connectivity index (χ3v) is 3.70. The summed E-state index contributed by atoms with van der Waals surface area (Å²) in [6.07, 6.45) is 0.996. The summed E-state index contributed by atoms with van der Waals surface area (Å²) in [4.78, 5) is 12.6. The Balaban J connectivity index is 2.41. The van der Waals surface area contributed by atoms with Crippen LogP contribution in [0.3, 0.4) is 0 Å². The van der Waals surface area contributed by atoms with Gasteiger partial charge in [0.1, 0.15) is 0 Å². The largest absolute Gasteiger partial charge is 0.289 e. The van der Waals surface area contributed by atoms with Crippen LogP contribution in [0.1, 0.15) is 53.2 Å². The SMILES string of the molecule is CC(C)Cc1ccc(C(=O)c2ccccc2)c(C(C)Cl)c1.